The van der Waals surface area contributed by atoms with Gasteiger partial charge in [-0.3, -0.25) is 0 Å². The quantitative estimate of drug-likeness (QED) is 0.761. The first-order valence-corrected chi connectivity index (χ1v) is 6.54. The van der Waals surface area contributed by atoms with Gasteiger partial charge in [-0.1, -0.05) is 44.2 Å². The summed E-state index contributed by atoms with van der Waals surface area (Å²) < 4.78 is 0. The molecule has 0 spiro atoms. The topological polar surface area (TPSA) is 32.3 Å². The molecule has 17 heavy (non-hydrogen) atoms. The lowest BCUT2D eigenvalue weighted by molar-refractivity contribution is 0.257. The number of hydrogen-bond donors (Lipinski definition) is 2. The maximum absolute atomic E-state index is 8.86. The van der Waals surface area contributed by atoms with Crippen LogP contribution in [0.4, 0.5) is 0 Å². The molecule has 0 saturated carbocycles. The van der Waals surface area contributed by atoms with Gasteiger partial charge in [-0.2, -0.15) is 0 Å². The van der Waals surface area contributed by atoms with Gasteiger partial charge in [0.2, 0.25) is 0 Å². The van der Waals surface area contributed by atoms with E-state index in [-0.39, 0.29) is 6.61 Å². The third-order valence-corrected chi connectivity index (χ3v) is 3.49. The summed E-state index contributed by atoms with van der Waals surface area (Å²) in [7, 11) is 0. The lowest BCUT2D eigenvalue weighted by Gasteiger charge is -2.23. The van der Waals surface area contributed by atoms with E-state index >= 15 is 0 Å². The van der Waals surface area contributed by atoms with Gasteiger partial charge in [0, 0.05) is 12.6 Å². The first-order valence-electron chi connectivity index (χ1n) is 6.54. The van der Waals surface area contributed by atoms with Crippen LogP contribution < -0.4 is 5.32 Å². The fourth-order valence-corrected chi connectivity index (χ4v) is 1.93. The zero-order valence-electron chi connectivity index (χ0n) is 11.2. The molecule has 3 unspecified atom stereocenters. The second-order valence-electron chi connectivity index (χ2n) is 5.01. The SMILES string of the molecule is CC(CCO)CNC(C)C(C)c1ccccc1. The summed E-state index contributed by atoms with van der Waals surface area (Å²) in [6.07, 6.45) is 0.874. The summed E-state index contributed by atoms with van der Waals surface area (Å²) >= 11 is 0. The Kier molecular flexibility index (Phi) is 6.23. The monoisotopic (exact) mass is 235 g/mol. The second-order valence-corrected chi connectivity index (χ2v) is 5.01. The molecule has 0 aromatic heterocycles. The number of rotatable bonds is 7. The van der Waals surface area contributed by atoms with Crippen LogP contribution in [0, 0.1) is 5.92 Å². The molecular formula is C15H25NO. The number of hydrogen-bond acceptors (Lipinski definition) is 2. The number of benzene rings is 1. The van der Waals surface area contributed by atoms with Gasteiger partial charge in [0.05, 0.1) is 0 Å². The zero-order valence-corrected chi connectivity index (χ0v) is 11.2. The average molecular weight is 235 g/mol. The summed E-state index contributed by atoms with van der Waals surface area (Å²) in [6, 6.07) is 11.1. The van der Waals surface area contributed by atoms with Gasteiger partial charge in [0.25, 0.3) is 0 Å². The van der Waals surface area contributed by atoms with Crippen LogP contribution in [0.15, 0.2) is 30.3 Å². The lowest BCUT2D eigenvalue weighted by Crippen LogP contribution is -2.34. The maximum atomic E-state index is 8.86. The van der Waals surface area contributed by atoms with Gasteiger partial charge in [-0.05, 0) is 37.3 Å². The Balaban J connectivity index is 2.40. The van der Waals surface area contributed by atoms with Gasteiger partial charge in [-0.15, -0.1) is 0 Å². The van der Waals surface area contributed by atoms with E-state index in [1.54, 1.807) is 0 Å². The highest BCUT2D eigenvalue weighted by Gasteiger charge is 2.14. The standard InChI is InChI=1S/C15H25NO/c1-12(9-10-17)11-16-14(3)13(2)15-7-5-4-6-8-15/h4-8,12-14,16-17H,9-11H2,1-3H3. The van der Waals surface area contributed by atoms with Crippen molar-refractivity contribution in [3.8, 4) is 0 Å². The van der Waals surface area contributed by atoms with Crippen molar-refractivity contribution in [1.82, 2.24) is 5.32 Å². The first-order chi connectivity index (χ1) is 8.15. The van der Waals surface area contributed by atoms with Crippen LogP contribution in [0.3, 0.4) is 0 Å². The Bertz CT molecular complexity index is 299. The van der Waals surface area contributed by atoms with Crippen LogP contribution >= 0.6 is 0 Å². The molecule has 0 saturated heterocycles. The molecular weight excluding hydrogens is 210 g/mol. The van der Waals surface area contributed by atoms with Crippen LogP contribution in [-0.2, 0) is 0 Å². The Labute approximate surface area is 105 Å². The molecule has 1 aromatic rings. The number of nitrogens with one attached hydrogen (secondary N) is 1. The van der Waals surface area contributed by atoms with Gasteiger partial charge in [0.15, 0.2) is 0 Å². The van der Waals surface area contributed by atoms with Crippen molar-refractivity contribution >= 4 is 0 Å². The third-order valence-electron chi connectivity index (χ3n) is 3.49. The maximum Gasteiger partial charge on any atom is 0.0434 e. The fourth-order valence-electron chi connectivity index (χ4n) is 1.93. The molecule has 1 aromatic carbocycles. The minimum atomic E-state index is 0.283. The number of aliphatic hydroxyl groups excluding tert-OH is 1. The normalized spacial score (nSPS) is 16.5. The number of aliphatic hydroxyl groups is 1. The molecule has 0 amide bonds. The average Bonchev–Trinajstić information content (AvgIpc) is 2.36. The van der Waals surface area contributed by atoms with Gasteiger partial charge >= 0.3 is 0 Å². The molecule has 0 aliphatic carbocycles. The fraction of sp³-hybridized carbons (Fsp3) is 0.600. The summed E-state index contributed by atoms with van der Waals surface area (Å²) in [5.41, 5.74) is 1.38. The Hall–Kier alpha value is -0.860. The molecule has 2 N–H and O–H groups in total. The van der Waals surface area contributed by atoms with E-state index in [0.717, 1.165) is 13.0 Å². The van der Waals surface area contributed by atoms with Crippen LogP contribution in [0.2, 0.25) is 0 Å². The predicted molar refractivity (Wildman–Crippen MR) is 73.2 cm³/mol. The summed E-state index contributed by atoms with van der Waals surface area (Å²) in [5, 5.41) is 12.4. The van der Waals surface area contributed by atoms with Crippen LogP contribution in [-0.4, -0.2) is 24.3 Å². The van der Waals surface area contributed by atoms with E-state index in [4.69, 9.17) is 5.11 Å². The predicted octanol–water partition coefficient (Wildman–Crippen LogP) is 2.79. The molecule has 0 heterocycles. The van der Waals surface area contributed by atoms with Gasteiger partial charge in [0.1, 0.15) is 0 Å². The molecule has 0 fully saturated rings. The molecule has 2 nitrogen and oxygen atoms in total. The molecule has 2 heteroatoms. The van der Waals surface area contributed by atoms with E-state index in [2.05, 4.69) is 56.4 Å². The largest absolute Gasteiger partial charge is 0.396 e. The van der Waals surface area contributed by atoms with Crippen molar-refractivity contribution in [2.24, 2.45) is 5.92 Å². The molecule has 1 rings (SSSR count). The zero-order chi connectivity index (χ0) is 12.7. The highest BCUT2D eigenvalue weighted by Crippen LogP contribution is 2.18. The van der Waals surface area contributed by atoms with E-state index in [9.17, 15) is 0 Å². The molecule has 0 aliphatic heterocycles. The van der Waals surface area contributed by atoms with E-state index in [0.29, 0.717) is 17.9 Å². The highest BCUT2D eigenvalue weighted by atomic mass is 16.3. The van der Waals surface area contributed by atoms with Gasteiger partial charge in [-0.25, -0.2) is 0 Å². The Morgan fingerprint density at radius 2 is 1.76 bits per heavy atom. The van der Waals surface area contributed by atoms with Gasteiger partial charge < -0.3 is 10.4 Å². The van der Waals surface area contributed by atoms with Crippen molar-refractivity contribution in [1.29, 1.82) is 0 Å². The summed E-state index contributed by atoms with van der Waals surface area (Å²) in [4.78, 5) is 0. The van der Waals surface area contributed by atoms with E-state index in [1.165, 1.54) is 5.56 Å². The van der Waals surface area contributed by atoms with Crippen LogP contribution in [0.25, 0.3) is 0 Å². The summed E-state index contributed by atoms with van der Waals surface area (Å²) in [5.74, 6) is 1.04. The minimum absolute atomic E-state index is 0.283. The third kappa shape index (κ3) is 4.88. The molecule has 0 radical (unpaired) electrons. The van der Waals surface area contributed by atoms with E-state index in [1.807, 2.05) is 0 Å². The van der Waals surface area contributed by atoms with Crippen LogP contribution in [0.5, 0.6) is 0 Å². The first kappa shape index (κ1) is 14.2. The Morgan fingerprint density at radius 1 is 1.12 bits per heavy atom. The van der Waals surface area contributed by atoms with Crippen molar-refractivity contribution in [3.63, 3.8) is 0 Å². The molecule has 0 bridgehead atoms. The molecule has 3 atom stereocenters. The Morgan fingerprint density at radius 3 is 2.35 bits per heavy atom. The van der Waals surface area contributed by atoms with Crippen molar-refractivity contribution in [3.05, 3.63) is 35.9 Å². The van der Waals surface area contributed by atoms with Crippen molar-refractivity contribution < 1.29 is 5.11 Å². The molecule has 0 aliphatic rings. The van der Waals surface area contributed by atoms with Crippen LogP contribution in [0.1, 0.15) is 38.7 Å². The highest BCUT2D eigenvalue weighted by molar-refractivity contribution is 5.20. The van der Waals surface area contributed by atoms with Crippen molar-refractivity contribution in [2.75, 3.05) is 13.2 Å². The molecule has 96 valence electrons. The van der Waals surface area contributed by atoms with Crippen molar-refractivity contribution in [2.45, 2.75) is 39.2 Å². The summed E-state index contributed by atoms with van der Waals surface area (Å²) in [6.45, 7) is 7.90. The minimum Gasteiger partial charge on any atom is -0.396 e. The smallest absolute Gasteiger partial charge is 0.0434 e. The lowest BCUT2D eigenvalue weighted by atomic mass is 9.94. The van der Waals surface area contributed by atoms with E-state index < -0.39 is 0 Å². The second kappa shape index (κ2) is 7.46.